The SMILES string of the molecule is C[Si](C)(C)c1ccc(-c2[c-]cc(-c3ccccc3)c(-c3ccccc3)c2)nc1.[2H]C([2H])(c1ccnc(-c2[c-]ccc3c2sc2cc(-c4ccccc4)ccc23)c1)C1CCCC1.[Ir]. The maximum atomic E-state index is 8.81. The first kappa shape index (κ1) is 38.9. The third-order valence-corrected chi connectivity index (χ3v) is 14.5. The maximum absolute atomic E-state index is 8.81. The van der Waals surface area contributed by atoms with Crippen LogP contribution in [0.2, 0.25) is 19.6 Å². The number of benzene rings is 6. The van der Waals surface area contributed by atoms with Crippen molar-refractivity contribution < 1.29 is 22.8 Å². The summed E-state index contributed by atoms with van der Waals surface area (Å²) in [4.78, 5) is 9.40. The zero-order valence-electron chi connectivity index (χ0n) is 36.2. The molecule has 1 aliphatic rings. The van der Waals surface area contributed by atoms with Gasteiger partial charge in [-0.15, -0.1) is 47.5 Å². The Morgan fingerprint density at radius 2 is 1.33 bits per heavy atom. The van der Waals surface area contributed by atoms with Crippen LogP contribution in [-0.2, 0) is 26.5 Å². The second-order valence-electron chi connectivity index (χ2n) is 16.4. The summed E-state index contributed by atoms with van der Waals surface area (Å²) in [7, 11) is -1.35. The summed E-state index contributed by atoms with van der Waals surface area (Å²) in [6.45, 7) is 7.04. The van der Waals surface area contributed by atoms with Crippen LogP contribution >= 0.6 is 11.3 Å². The van der Waals surface area contributed by atoms with Crippen molar-refractivity contribution in [2.75, 3.05) is 0 Å². The molecule has 60 heavy (non-hydrogen) atoms. The van der Waals surface area contributed by atoms with Crippen molar-refractivity contribution in [1.82, 2.24) is 9.97 Å². The molecule has 0 unspecified atom stereocenters. The molecule has 1 fully saturated rings. The van der Waals surface area contributed by atoms with Crippen molar-refractivity contribution in [2.24, 2.45) is 5.92 Å². The van der Waals surface area contributed by atoms with Gasteiger partial charge in [-0.2, -0.15) is 11.3 Å². The van der Waals surface area contributed by atoms with Gasteiger partial charge in [0.2, 0.25) is 0 Å². The molecule has 0 N–H and O–H groups in total. The van der Waals surface area contributed by atoms with Gasteiger partial charge >= 0.3 is 0 Å². The summed E-state index contributed by atoms with van der Waals surface area (Å²) in [5.74, 6) is 0.0910. The molecular weight excluding hydrogens is 941 g/mol. The van der Waals surface area contributed by atoms with Crippen molar-refractivity contribution in [3.63, 3.8) is 0 Å². The topological polar surface area (TPSA) is 25.8 Å². The molecule has 6 aromatic carbocycles. The minimum Gasteiger partial charge on any atom is -0.305 e. The zero-order chi connectivity index (χ0) is 42.0. The van der Waals surface area contributed by atoms with E-state index in [2.05, 4.69) is 164 Å². The normalized spacial score (nSPS) is 13.6. The van der Waals surface area contributed by atoms with E-state index >= 15 is 0 Å². The van der Waals surface area contributed by atoms with Gasteiger partial charge in [0, 0.05) is 39.9 Å². The predicted molar refractivity (Wildman–Crippen MR) is 255 cm³/mol. The largest absolute Gasteiger partial charge is 0.305 e. The molecule has 10 rings (SSSR count). The molecule has 3 aromatic heterocycles. The Morgan fingerprint density at radius 1 is 0.650 bits per heavy atom. The molecule has 0 aliphatic heterocycles. The molecule has 1 aliphatic carbocycles. The Labute approximate surface area is 376 Å². The van der Waals surface area contributed by atoms with Crippen LogP contribution in [0.25, 0.3) is 76.1 Å². The van der Waals surface area contributed by atoms with Crippen molar-refractivity contribution in [3.05, 3.63) is 188 Å². The number of hydrogen-bond donors (Lipinski definition) is 0. The first-order chi connectivity index (χ1) is 29.6. The predicted octanol–water partition coefficient (Wildman–Crippen LogP) is 14.7. The zero-order valence-corrected chi connectivity index (χ0v) is 38.4. The number of thiophene rings is 1. The average Bonchev–Trinajstić information content (AvgIpc) is 3.99. The van der Waals surface area contributed by atoms with Crippen LogP contribution < -0.4 is 5.19 Å². The molecule has 5 heteroatoms. The van der Waals surface area contributed by atoms with Crippen LogP contribution in [0.3, 0.4) is 0 Å². The van der Waals surface area contributed by atoms with Crippen molar-refractivity contribution >= 4 is 44.8 Å². The minimum absolute atomic E-state index is 0. The van der Waals surface area contributed by atoms with Gasteiger partial charge in [0.15, 0.2) is 0 Å². The second kappa shape index (κ2) is 18.5. The monoisotopic (exact) mass is 991 g/mol. The Bertz CT molecular complexity index is 2920. The van der Waals surface area contributed by atoms with Gasteiger partial charge in [-0.3, -0.25) is 0 Å². The summed E-state index contributed by atoms with van der Waals surface area (Å²) < 4.78 is 20.0. The number of hydrogen-bond acceptors (Lipinski definition) is 3. The molecule has 0 bridgehead atoms. The summed E-state index contributed by atoms with van der Waals surface area (Å²) in [5, 5.41) is 3.82. The van der Waals surface area contributed by atoms with Gasteiger partial charge < -0.3 is 9.97 Å². The Kier molecular flexibility index (Phi) is 12.0. The summed E-state index contributed by atoms with van der Waals surface area (Å²) in [6, 6.07) is 61.6. The Hall–Kier alpha value is -5.29. The van der Waals surface area contributed by atoms with Crippen LogP contribution in [0.4, 0.5) is 0 Å². The Morgan fingerprint density at radius 3 is 2.00 bits per heavy atom. The van der Waals surface area contributed by atoms with E-state index in [1.165, 1.54) is 54.0 Å². The molecule has 1 radical (unpaired) electrons. The maximum Gasteiger partial charge on any atom is 0.0795 e. The Balaban J connectivity index is 0.000000170. The quantitative estimate of drug-likeness (QED) is 0.112. The molecule has 1 saturated carbocycles. The molecule has 299 valence electrons. The number of aromatic nitrogens is 2. The summed E-state index contributed by atoms with van der Waals surface area (Å²) in [6.07, 6.45) is 6.66. The van der Waals surface area contributed by atoms with Crippen molar-refractivity contribution in [2.45, 2.75) is 51.7 Å². The smallest absolute Gasteiger partial charge is 0.0795 e. The van der Waals surface area contributed by atoms with E-state index in [0.717, 1.165) is 58.5 Å². The average molecular weight is 991 g/mol. The minimum atomic E-state index is -1.35. The van der Waals surface area contributed by atoms with Gasteiger partial charge in [-0.1, -0.05) is 194 Å². The van der Waals surface area contributed by atoms with Gasteiger partial charge in [0.1, 0.15) is 0 Å². The van der Waals surface area contributed by atoms with Crippen LogP contribution in [0.15, 0.2) is 170 Å². The molecule has 0 spiro atoms. The molecule has 2 nitrogen and oxygen atoms in total. The fraction of sp³-hybridized carbons (Fsp3) is 0.164. The first-order valence-corrected chi connectivity index (χ1v) is 25.0. The van der Waals surface area contributed by atoms with E-state index in [-0.39, 0.29) is 26.0 Å². The number of fused-ring (bicyclic) bond motifs is 3. The van der Waals surface area contributed by atoms with E-state index in [1.807, 2.05) is 36.5 Å². The van der Waals surface area contributed by atoms with Crippen molar-refractivity contribution in [3.8, 4) is 55.9 Å². The van der Waals surface area contributed by atoms with E-state index in [4.69, 9.17) is 7.73 Å². The standard InChI is InChI=1S/C29H24NS.C26H24NSi.Ir/c1-2-9-22(10-3-1)23-13-14-24-25-11-6-12-26(29(25)31-28(24)19-23)27-18-21(15-16-30-27)17-20-7-4-5-8-20;1-28(2,3)23-15-17-26(27-19-23)22-14-16-24(20-10-6-4-7-11-20)25(18-22)21-12-8-5-9-13-21;/h1-3,6,9-11,13-16,18-20H,4-5,7-8,17H2;4-13,15-19H,1-3H3;/q2*-1;/i17D2;;. The summed E-state index contributed by atoms with van der Waals surface area (Å²) >= 11 is 1.77. The van der Waals surface area contributed by atoms with E-state index in [1.54, 1.807) is 17.5 Å². The molecule has 3 heterocycles. The van der Waals surface area contributed by atoms with Gasteiger partial charge in [0.05, 0.1) is 8.07 Å². The van der Waals surface area contributed by atoms with Gasteiger partial charge in [0.25, 0.3) is 0 Å². The van der Waals surface area contributed by atoms with E-state index < -0.39 is 14.4 Å². The van der Waals surface area contributed by atoms with Crippen LogP contribution in [0.1, 0.15) is 34.0 Å². The third kappa shape index (κ3) is 9.21. The number of pyridine rings is 2. The third-order valence-electron chi connectivity index (χ3n) is 11.3. The van der Waals surface area contributed by atoms with Crippen LogP contribution in [-0.4, -0.2) is 18.0 Å². The number of rotatable bonds is 8. The van der Waals surface area contributed by atoms with Crippen LogP contribution in [0, 0.1) is 18.1 Å². The molecule has 0 saturated heterocycles. The van der Waals surface area contributed by atoms with Crippen LogP contribution in [0.5, 0.6) is 0 Å². The molecule has 0 amide bonds. The molecule has 9 aromatic rings. The van der Waals surface area contributed by atoms with Gasteiger partial charge in [-0.25, -0.2) is 0 Å². The fourth-order valence-electron chi connectivity index (χ4n) is 8.05. The first-order valence-electron chi connectivity index (χ1n) is 21.7. The molecular formula is C55H48IrN2SSi-2. The van der Waals surface area contributed by atoms with Gasteiger partial charge in [-0.05, 0) is 67.8 Å². The number of nitrogens with zero attached hydrogens (tertiary/aromatic N) is 2. The van der Waals surface area contributed by atoms with Crippen molar-refractivity contribution in [1.29, 1.82) is 0 Å². The summed E-state index contributed by atoms with van der Waals surface area (Å²) in [5.41, 5.74) is 11.7. The second-order valence-corrected chi connectivity index (χ2v) is 22.5. The van der Waals surface area contributed by atoms with E-state index in [0.29, 0.717) is 0 Å². The van der Waals surface area contributed by atoms with E-state index in [9.17, 15) is 0 Å². The molecule has 0 atom stereocenters. The fourth-order valence-corrected chi connectivity index (χ4v) is 10.3.